The van der Waals surface area contributed by atoms with Crippen LogP contribution in [0.1, 0.15) is 24.6 Å². The molecule has 1 aromatic carbocycles. The van der Waals surface area contributed by atoms with E-state index in [-0.39, 0.29) is 12.6 Å². The van der Waals surface area contributed by atoms with Gasteiger partial charge in [-0.05, 0) is 25.3 Å². The summed E-state index contributed by atoms with van der Waals surface area (Å²) in [5.74, 6) is 0.955. The summed E-state index contributed by atoms with van der Waals surface area (Å²) in [5, 5.41) is 9.54. The third kappa shape index (κ3) is 1.89. The molecule has 0 amide bonds. The SMILES string of the molecule is OCC1CCCc2cnc(-c3ccccc3Br)n21. The summed E-state index contributed by atoms with van der Waals surface area (Å²) >= 11 is 3.57. The monoisotopic (exact) mass is 306 g/mol. The Kier molecular flexibility index (Phi) is 3.22. The number of hydrogen-bond acceptors (Lipinski definition) is 2. The molecular weight excluding hydrogens is 292 g/mol. The predicted octanol–water partition coefficient (Wildman–Crippen LogP) is 3.18. The summed E-state index contributed by atoms with van der Waals surface area (Å²) < 4.78 is 3.24. The lowest BCUT2D eigenvalue weighted by Crippen LogP contribution is -2.21. The van der Waals surface area contributed by atoms with Crippen LogP contribution in [-0.2, 0) is 6.42 Å². The molecular formula is C14H15BrN2O. The number of aromatic nitrogens is 2. The van der Waals surface area contributed by atoms with Gasteiger partial charge in [-0.1, -0.05) is 34.1 Å². The fourth-order valence-electron chi connectivity index (χ4n) is 2.65. The van der Waals surface area contributed by atoms with Crippen LogP contribution >= 0.6 is 15.9 Å². The van der Waals surface area contributed by atoms with Gasteiger partial charge < -0.3 is 9.67 Å². The molecule has 0 bridgehead atoms. The van der Waals surface area contributed by atoms with E-state index in [9.17, 15) is 5.11 Å². The van der Waals surface area contributed by atoms with Crippen LogP contribution in [0.2, 0.25) is 0 Å². The molecule has 0 saturated heterocycles. The summed E-state index contributed by atoms with van der Waals surface area (Å²) in [6.45, 7) is 0.181. The Hall–Kier alpha value is -1.13. The van der Waals surface area contributed by atoms with Crippen molar-refractivity contribution in [1.29, 1.82) is 0 Å². The standard InChI is InChI=1S/C14H15BrN2O/c15-13-7-2-1-6-12(13)14-16-8-10-4-3-5-11(9-18)17(10)14/h1-2,6-8,11,18H,3-5,9H2. The second-order valence-electron chi connectivity index (χ2n) is 4.65. The van der Waals surface area contributed by atoms with E-state index in [2.05, 4.69) is 31.5 Å². The average molecular weight is 307 g/mol. The van der Waals surface area contributed by atoms with Crippen molar-refractivity contribution in [2.45, 2.75) is 25.3 Å². The van der Waals surface area contributed by atoms with E-state index in [1.807, 2.05) is 24.4 Å². The highest BCUT2D eigenvalue weighted by atomic mass is 79.9. The second-order valence-corrected chi connectivity index (χ2v) is 5.51. The van der Waals surface area contributed by atoms with Gasteiger partial charge in [0.25, 0.3) is 0 Å². The molecule has 18 heavy (non-hydrogen) atoms. The number of aliphatic hydroxyl groups is 1. The normalized spacial score (nSPS) is 18.7. The lowest BCUT2D eigenvalue weighted by Gasteiger charge is -2.26. The zero-order valence-electron chi connectivity index (χ0n) is 10.0. The molecule has 2 aromatic rings. The molecule has 94 valence electrons. The van der Waals surface area contributed by atoms with Gasteiger partial charge in [-0.15, -0.1) is 0 Å². The molecule has 1 N–H and O–H groups in total. The first-order chi connectivity index (χ1) is 8.81. The van der Waals surface area contributed by atoms with Crippen molar-refractivity contribution in [1.82, 2.24) is 9.55 Å². The number of rotatable bonds is 2. The van der Waals surface area contributed by atoms with Gasteiger partial charge in [-0.25, -0.2) is 4.98 Å². The minimum absolute atomic E-state index is 0.165. The Morgan fingerprint density at radius 2 is 2.22 bits per heavy atom. The van der Waals surface area contributed by atoms with Crippen molar-refractivity contribution in [2.75, 3.05) is 6.61 Å². The minimum atomic E-state index is 0.165. The van der Waals surface area contributed by atoms with Crippen molar-refractivity contribution in [3.8, 4) is 11.4 Å². The van der Waals surface area contributed by atoms with Gasteiger partial charge in [0.05, 0.1) is 12.6 Å². The number of imidazole rings is 1. The maximum Gasteiger partial charge on any atom is 0.141 e. The maximum absolute atomic E-state index is 9.54. The number of aryl methyl sites for hydroxylation is 1. The van der Waals surface area contributed by atoms with Gasteiger partial charge in [0.15, 0.2) is 0 Å². The third-order valence-corrected chi connectivity index (χ3v) is 4.23. The van der Waals surface area contributed by atoms with E-state index in [1.165, 1.54) is 5.69 Å². The molecule has 0 radical (unpaired) electrons. The molecule has 3 nitrogen and oxygen atoms in total. The quantitative estimate of drug-likeness (QED) is 0.925. The van der Waals surface area contributed by atoms with Crippen molar-refractivity contribution >= 4 is 15.9 Å². The number of hydrogen-bond donors (Lipinski definition) is 1. The van der Waals surface area contributed by atoms with E-state index in [1.54, 1.807) is 0 Å². The van der Waals surface area contributed by atoms with Crippen molar-refractivity contribution in [3.05, 3.63) is 40.6 Å². The van der Waals surface area contributed by atoms with Crippen LogP contribution in [0.3, 0.4) is 0 Å². The topological polar surface area (TPSA) is 38.1 Å². The predicted molar refractivity (Wildman–Crippen MR) is 74.4 cm³/mol. The van der Waals surface area contributed by atoms with Gasteiger partial charge in [-0.3, -0.25) is 0 Å². The largest absolute Gasteiger partial charge is 0.394 e. The van der Waals surface area contributed by atoms with Crippen LogP contribution in [0.25, 0.3) is 11.4 Å². The molecule has 0 fully saturated rings. The average Bonchev–Trinajstić information content (AvgIpc) is 2.83. The summed E-state index contributed by atoms with van der Waals surface area (Å²) in [7, 11) is 0. The molecule has 0 saturated carbocycles. The summed E-state index contributed by atoms with van der Waals surface area (Å²) in [5.41, 5.74) is 2.31. The smallest absolute Gasteiger partial charge is 0.141 e. The fourth-order valence-corrected chi connectivity index (χ4v) is 3.11. The number of nitrogens with zero attached hydrogens (tertiary/aromatic N) is 2. The number of halogens is 1. The molecule has 1 aliphatic heterocycles. The van der Waals surface area contributed by atoms with E-state index in [4.69, 9.17) is 0 Å². The van der Waals surface area contributed by atoms with Crippen LogP contribution in [0.5, 0.6) is 0 Å². The summed E-state index contributed by atoms with van der Waals surface area (Å²) in [6, 6.07) is 8.25. The maximum atomic E-state index is 9.54. The molecule has 1 aliphatic rings. The van der Waals surface area contributed by atoms with Crippen LogP contribution in [0.15, 0.2) is 34.9 Å². The summed E-state index contributed by atoms with van der Waals surface area (Å²) in [4.78, 5) is 4.55. The van der Waals surface area contributed by atoms with Gasteiger partial charge in [0, 0.05) is 21.9 Å². The van der Waals surface area contributed by atoms with Gasteiger partial charge in [-0.2, -0.15) is 0 Å². The zero-order valence-corrected chi connectivity index (χ0v) is 11.6. The Bertz CT molecular complexity index is 565. The molecule has 2 heterocycles. The van der Waals surface area contributed by atoms with E-state index < -0.39 is 0 Å². The Morgan fingerprint density at radius 1 is 1.39 bits per heavy atom. The first-order valence-electron chi connectivity index (χ1n) is 6.23. The van der Waals surface area contributed by atoms with Gasteiger partial charge in [0.2, 0.25) is 0 Å². The van der Waals surface area contributed by atoms with Crippen LogP contribution < -0.4 is 0 Å². The fraction of sp³-hybridized carbons (Fsp3) is 0.357. The Morgan fingerprint density at radius 3 is 3.00 bits per heavy atom. The molecule has 4 heteroatoms. The number of fused-ring (bicyclic) bond motifs is 1. The highest BCUT2D eigenvalue weighted by Crippen LogP contribution is 2.34. The van der Waals surface area contributed by atoms with Crippen LogP contribution in [0.4, 0.5) is 0 Å². The first-order valence-corrected chi connectivity index (χ1v) is 7.02. The lowest BCUT2D eigenvalue weighted by molar-refractivity contribution is 0.208. The van der Waals surface area contributed by atoms with Crippen molar-refractivity contribution in [3.63, 3.8) is 0 Å². The Balaban J connectivity index is 2.14. The minimum Gasteiger partial charge on any atom is -0.394 e. The molecule has 3 rings (SSSR count). The number of benzene rings is 1. The van der Waals surface area contributed by atoms with Crippen molar-refractivity contribution in [2.24, 2.45) is 0 Å². The van der Waals surface area contributed by atoms with Gasteiger partial charge in [0.1, 0.15) is 5.82 Å². The zero-order chi connectivity index (χ0) is 12.5. The first kappa shape index (κ1) is 11.9. The molecule has 1 aromatic heterocycles. The highest BCUT2D eigenvalue weighted by molar-refractivity contribution is 9.10. The van der Waals surface area contributed by atoms with Gasteiger partial charge >= 0.3 is 0 Å². The summed E-state index contributed by atoms with van der Waals surface area (Å²) in [6.07, 6.45) is 5.15. The van der Waals surface area contributed by atoms with Crippen LogP contribution in [-0.4, -0.2) is 21.3 Å². The second kappa shape index (κ2) is 4.86. The third-order valence-electron chi connectivity index (χ3n) is 3.53. The van der Waals surface area contributed by atoms with E-state index in [0.717, 1.165) is 35.1 Å². The highest BCUT2D eigenvalue weighted by Gasteiger charge is 2.23. The lowest BCUT2D eigenvalue weighted by atomic mass is 10.0. The molecule has 1 unspecified atom stereocenters. The molecule has 0 spiro atoms. The Labute approximate surface area is 115 Å². The van der Waals surface area contributed by atoms with E-state index in [0.29, 0.717) is 0 Å². The molecule has 0 aliphatic carbocycles. The van der Waals surface area contributed by atoms with Crippen LogP contribution in [0, 0.1) is 0 Å². The van der Waals surface area contributed by atoms with E-state index >= 15 is 0 Å². The number of aliphatic hydroxyl groups excluding tert-OH is 1. The van der Waals surface area contributed by atoms with Crippen molar-refractivity contribution < 1.29 is 5.11 Å². The molecule has 1 atom stereocenters.